The van der Waals surface area contributed by atoms with Gasteiger partial charge in [0.1, 0.15) is 5.70 Å². The number of amides is 3. The van der Waals surface area contributed by atoms with Crippen molar-refractivity contribution in [2.24, 2.45) is 0 Å². The zero-order chi connectivity index (χ0) is 18.9. The Bertz CT molecular complexity index is 886. The fourth-order valence-electron chi connectivity index (χ4n) is 2.56. The second-order valence-corrected chi connectivity index (χ2v) is 5.99. The summed E-state index contributed by atoms with van der Waals surface area (Å²) in [6.07, 6.45) is -3.24. The molecule has 1 aliphatic rings. The molecule has 2 aromatic carbocycles. The highest BCUT2D eigenvalue weighted by atomic mass is 19.4. The maximum Gasteiger partial charge on any atom is 0.416 e. The van der Waals surface area contributed by atoms with Crippen LogP contribution >= 0.6 is 0 Å². The van der Waals surface area contributed by atoms with E-state index in [2.05, 4.69) is 5.32 Å². The first-order chi connectivity index (χ1) is 12.2. The Morgan fingerprint density at radius 2 is 1.77 bits per heavy atom. The molecule has 2 aromatic rings. The van der Waals surface area contributed by atoms with E-state index in [4.69, 9.17) is 0 Å². The molecule has 0 aliphatic carbocycles. The second-order valence-electron chi connectivity index (χ2n) is 5.99. The monoisotopic (exact) mass is 360 g/mol. The Morgan fingerprint density at radius 3 is 2.42 bits per heavy atom. The average molecular weight is 360 g/mol. The fraction of sp³-hybridized carbons (Fsp3) is 0.158. The number of hydrogen-bond donors (Lipinski definition) is 1. The molecule has 0 radical (unpaired) electrons. The summed E-state index contributed by atoms with van der Waals surface area (Å²) in [7, 11) is 0. The summed E-state index contributed by atoms with van der Waals surface area (Å²) in [5.41, 5.74) is 1.14. The number of nitrogens with one attached hydrogen (secondary N) is 1. The van der Waals surface area contributed by atoms with Crippen LogP contribution in [-0.4, -0.2) is 16.8 Å². The molecule has 0 aromatic heterocycles. The highest BCUT2D eigenvalue weighted by Crippen LogP contribution is 2.30. The maximum absolute atomic E-state index is 12.8. The quantitative estimate of drug-likeness (QED) is 0.662. The van der Waals surface area contributed by atoms with Gasteiger partial charge in [0.25, 0.3) is 5.91 Å². The Balaban J connectivity index is 1.82. The van der Waals surface area contributed by atoms with Crippen molar-refractivity contribution < 1.29 is 22.8 Å². The van der Waals surface area contributed by atoms with Gasteiger partial charge in [-0.05, 0) is 36.3 Å². The molecule has 1 saturated heterocycles. The van der Waals surface area contributed by atoms with E-state index >= 15 is 0 Å². The van der Waals surface area contributed by atoms with Crippen LogP contribution in [0, 0.1) is 6.92 Å². The van der Waals surface area contributed by atoms with Crippen molar-refractivity contribution in [1.29, 1.82) is 0 Å². The molecule has 0 unspecified atom stereocenters. The first kappa shape index (κ1) is 17.7. The minimum Gasteiger partial charge on any atom is -0.303 e. The van der Waals surface area contributed by atoms with E-state index in [9.17, 15) is 22.8 Å². The zero-order valence-corrected chi connectivity index (χ0v) is 13.8. The maximum atomic E-state index is 12.8. The van der Waals surface area contributed by atoms with Gasteiger partial charge in [-0.3, -0.25) is 9.69 Å². The van der Waals surface area contributed by atoms with Crippen LogP contribution in [-0.2, 0) is 17.5 Å². The van der Waals surface area contributed by atoms with Gasteiger partial charge >= 0.3 is 12.2 Å². The van der Waals surface area contributed by atoms with Gasteiger partial charge in [-0.15, -0.1) is 0 Å². The third-order valence-corrected chi connectivity index (χ3v) is 3.95. The van der Waals surface area contributed by atoms with Crippen molar-refractivity contribution in [2.75, 3.05) is 0 Å². The summed E-state index contributed by atoms with van der Waals surface area (Å²) in [5, 5.41) is 2.41. The average Bonchev–Trinajstić information content (AvgIpc) is 2.84. The predicted octanol–water partition coefficient (Wildman–Crippen LogP) is 4.11. The number of hydrogen-bond acceptors (Lipinski definition) is 2. The SMILES string of the molecule is Cc1ccc(CN2C(=O)NC(=Cc3cccc(C(F)(F)F)c3)C2=O)cc1. The molecule has 134 valence electrons. The summed E-state index contributed by atoms with van der Waals surface area (Å²) in [6, 6.07) is 11.3. The van der Waals surface area contributed by atoms with E-state index in [-0.39, 0.29) is 17.8 Å². The topological polar surface area (TPSA) is 49.4 Å². The van der Waals surface area contributed by atoms with E-state index in [1.165, 1.54) is 18.2 Å². The van der Waals surface area contributed by atoms with Crippen LogP contribution in [0.1, 0.15) is 22.3 Å². The molecule has 7 heteroatoms. The third-order valence-electron chi connectivity index (χ3n) is 3.95. The standard InChI is InChI=1S/C19H15F3N2O2/c1-12-5-7-13(8-6-12)11-24-17(25)16(23-18(24)26)10-14-3-2-4-15(9-14)19(20,21)22/h2-10H,11H2,1H3,(H,23,26). The van der Waals surface area contributed by atoms with Gasteiger partial charge in [-0.25, -0.2) is 4.79 Å². The van der Waals surface area contributed by atoms with Crippen LogP contribution in [0.5, 0.6) is 0 Å². The number of halogens is 3. The van der Waals surface area contributed by atoms with E-state index in [0.717, 1.165) is 28.2 Å². The predicted molar refractivity (Wildman–Crippen MR) is 89.7 cm³/mol. The lowest BCUT2D eigenvalue weighted by molar-refractivity contribution is -0.137. The van der Waals surface area contributed by atoms with Crippen LogP contribution < -0.4 is 5.32 Å². The molecule has 3 rings (SSSR count). The molecule has 1 fully saturated rings. The van der Waals surface area contributed by atoms with E-state index in [0.29, 0.717) is 0 Å². The smallest absolute Gasteiger partial charge is 0.303 e. The first-order valence-electron chi connectivity index (χ1n) is 7.81. The Hall–Kier alpha value is -3.09. The molecule has 0 spiro atoms. The third kappa shape index (κ3) is 3.77. The zero-order valence-electron chi connectivity index (χ0n) is 13.8. The second kappa shape index (κ2) is 6.67. The van der Waals surface area contributed by atoms with Crippen LogP contribution in [0.4, 0.5) is 18.0 Å². The van der Waals surface area contributed by atoms with Gasteiger partial charge in [0.05, 0.1) is 12.1 Å². The van der Waals surface area contributed by atoms with Crippen molar-refractivity contribution in [3.05, 3.63) is 76.5 Å². The Kier molecular flexibility index (Phi) is 4.54. The fourth-order valence-corrected chi connectivity index (χ4v) is 2.56. The summed E-state index contributed by atoms with van der Waals surface area (Å²) >= 11 is 0. The van der Waals surface area contributed by atoms with Crippen LogP contribution in [0.3, 0.4) is 0 Å². The van der Waals surface area contributed by atoms with E-state index < -0.39 is 23.7 Å². The van der Waals surface area contributed by atoms with Crippen LogP contribution in [0.15, 0.2) is 54.2 Å². The minimum absolute atomic E-state index is 0.0542. The number of carbonyl (C=O) groups excluding carboxylic acids is 2. The molecule has 0 atom stereocenters. The molecular formula is C19H15F3N2O2. The van der Waals surface area contributed by atoms with Crippen molar-refractivity contribution in [2.45, 2.75) is 19.6 Å². The van der Waals surface area contributed by atoms with Gasteiger partial charge < -0.3 is 5.32 Å². The molecule has 0 saturated carbocycles. The normalized spacial score (nSPS) is 16.3. The van der Waals surface area contributed by atoms with Gasteiger partial charge in [-0.2, -0.15) is 13.2 Å². The van der Waals surface area contributed by atoms with Gasteiger partial charge in [0.2, 0.25) is 0 Å². The van der Waals surface area contributed by atoms with E-state index in [1.807, 2.05) is 31.2 Å². The lowest BCUT2D eigenvalue weighted by Gasteiger charge is -2.11. The number of rotatable bonds is 3. The molecular weight excluding hydrogens is 345 g/mol. The highest BCUT2D eigenvalue weighted by molar-refractivity contribution is 6.13. The van der Waals surface area contributed by atoms with Crippen molar-refractivity contribution >= 4 is 18.0 Å². The van der Waals surface area contributed by atoms with Crippen molar-refractivity contribution in [3.8, 4) is 0 Å². The largest absolute Gasteiger partial charge is 0.416 e. The molecule has 4 nitrogen and oxygen atoms in total. The van der Waals surface area contributed by atoms with Crippen LogP contribution in [0.2, 0.25) is 0 Å². The summed E-state index contributed by atoms with van der Waals surface area (Å²) in [4.78, 5) is 25.5. The minimum atomic E-state index is -4.48. The van der Waals surface area contributed by atoms with Gasteiger partial charge in [0.15, 0.2) is 0 Å². The van der Waals surface area contributed by atoms with Gasteiger partial charge in [0, 0.05) is 0 Å². The summed E-state index contributed by atoms with van der Waals surface area (Å²) < 4.78 is 38.4. The molecule has 1 heterocycles. The molecule has 3 amide bonds. The van der Waals surface area contributed by atoms with Crippen LogP contribution in [0.25, 0.3) is 6.08 Å². The number of benzene rings is 2. The number of aryl methyl sites for hydroxylation is 1. The molecule has 1 N–H and O–H groups in total. The number of carbonyl (C=O) groups is 2. The molecule has 26 heavy (non-hydrogen) atoms. The van der Waals surface area contributed by atoms with Crippen molar-refractivity contribution in [3.63, 3.8) is 0 Å². The number of nitrogens with zero attached hydrogens (tertiary/aromatic N) is 1. The summed E-state index contributed by atoms with van der Waals surface area (Å²) in [5.74, 6) is -0.576. The number of urea groups is 1. The molecule has 1 aliphatic heterocycles. The van der Waals surface area contributed by atoms with E-state index in [1.54, 1.807) is 0 Å². The molecule has 0 bridgehead atoms. The lowest BCUT2D eigenvalue weighted by Crippen LogP contribution is -2.30. The highest BCUT2D eigenvalue weighted by Gasteiger charge is 2.34. The summed E-state index contributed by atoms with van der Waals surface area (Å²) in [6.45, 7) is 2.01. The number of alkyl halides is 3. The number of imide groups is 1. The first-order valence-corrected chi connectivity index (χ1v) is 7.81. The lowest BCUT2D eigenvalue weighted by atomic mass is 10.1. The Labute approximate surface area is 147 Å². The Morgan fingerprint density at radius 1 is 1.08 bits per heavy atom. The van der Waals surface area contributed by atoms with Gasteiger partial charge in [-0.1, -0.05) is 42.0 Å². The van der Waals surface area contributed by atoms with Crippen molar-refractivity contribution in [1.82, 2.24) is 10.2 Å².